The Morgan fingerprint density at radius 3 is 2.26 bits per heavy atom. The van der Waals surface area contributed by atoms with Gasteiger partial charge in [0, 0.05) is 11.6 Å². The Hall–Kier alpha value is -2.88. The fourth-order valence-electron chi connectivity index (χ4n) is 1.98. The van der Waals surface area contributed by atoms with Gasteiger partial charge in [-0.05, 0) is 30.7 Å². The Morgan fingerprint density at radius 2 is 1.65 bits per heavy atom. The summed E-state index contributed by atoms with van der Waals surface area (Å²) >= 11 is 0. The van der Waals surface area contributed by atoms with Crippen molar-refractivity contribution in [3.8, 4) is 5.75 Å². The van der Waals surface area contributed by atoms with Gasteiger partial charge in [-0.2, -0.15) is 0 Å². The first kappa shape index (κ1) is 16.5. The maximum atomic E-state index is 12.1. The minimum Gasteiger partial charge on any atom is -0.497 e. The van der Waals surface area contributed by atoms with Crippen LogP contribution in [0.4, 0.5) is 0 Å². The number of hydrogen-bond donors (Lipinski definition) is 0. The van der Waals surface area contributed by atoms with E-state index < -0.39 is 12.1 Å². The molecular formula is C19H18O4. The number of methoxy groups -OCH3 is 1. The maximum Gasteiger partial charge on any atom is 0.331 e. The van der Waals surface area contributed by atoms with Crippen LogP contribution in [-0.4, -0.2) is 25.0 Å². The first-order valence-electron chi connectivity index (χ1n) is 7.22. The maximum absolute atomic E-state index is 12.1. The number of benzene rings is 2. The van der Waals surface area contributed by atoms with Crippen LogP contribution in [0.2, 0.25) is 0 Å². The van der Waals surface area contributed by atoms with Crippen LogP contribution in [-0.2, 0) is 9.53 Å². The van der Waals surface area contributed by atoms with Crippen molar-refractivity contribution in [2.75, 3.05) is 7.11 Å². The number of Topliss-reactive ketones (excluding diaryl/α,β-unsaturated/α-hetero) is 1. The standard InChI is InChI=1S/C19H18O4/c1-14(19(21)16-6-4-3-5-7-16)23-18(20)13-10-15-8-11-17(22-2)12-9-15/h3-14H,1-2H3/b13-10+/t14-/m0/s1. The molecule has 0 bridgehead atoms. The van der Waals surface area contributed by atoms with Gasteiger partial charge >= 0.3 is 5.97 Å². The molecule has 0 aliphatic rings. The van der Waals surface area contributed by atoms with Crippen LogP contribution in [0.15, 0.2) is 60.7 Å². The highest BCUT2D eigenvalue weighted by atomic mass is 16.5. The summed E-state index contributed by atoms with van der Waals surface area (Å²) in [6, 6.07) is 16.0. The Kier molecular flexibility index (Phi) is 5.69. The third-order valence-electron chi connectivity index (χ3n) is 3.25. The van der Waals surface area contributed by atoms with Crippen LogP contribution in [0.3, 0.4) is 0 Å². The zero-order chi connectivity index (χ0) is 16.7. The largest absolute Gasteiger partial charge is 0.497 e. The molecule has 0 fully saturated rings. The molecule has 0 aromatic heterocycles. The zero-order valence-electron chi connectivity index (χ0n) is 13.1. The van der Waals surface area contributed by atoms with E-state index in [9.17, 15) is 9.59 Å². The van der Waals surface area contributed by atoms with Crippen LogP contribution in [0.25, 0.3) is 6.08 Å². The van der Waals surface area contributed by atoms with E-state index in [1.165, 1.54) is 6.08 Å². The lowest BCUT2D eigenvalue weighted by atomic mass is 10.1. The van der Waals surface area contributed by atoms with Crippen molar-refractivity contribution in [1.82, 2.24) is 0 Å². The summed E-state index contributed by atoms with van der Waals surface area (Å²) in [5.74, 6) is -0.0406. The Bertz CT molecular complexity index is 687. The van der Waals surface area contributed by atoms with E-state index in [-0.39, 0.29) is 5.78 Å². The lowest BCUT2D eigenvalue weighted by Gasteiger charge is -2.10. The number of hydrogen-bond acceptors (Lipinski definition) is 4. The van der Waals surface area contributed by atoms with E-state index in [1.807, 2.05) is 18.2 Å². The van der Waals surface area contributed by atoms with E-state index in [0.717, 1.165) is 11.3 Å². The number of ether oxygens (including phenoxy) is 2. The Balaban J connectivity index is 1.93. The van der Waals surface area contributed by atoms with Crippen molar-refractivity contribution in [2.45, 2.75) is 13.0 Å². The van der Waals surface area contributed by atoms with Gasteiger partial charge in [-0.15, -0.1) is 0 Å². The van der Waals surface area contributed by atoms with Crippen LogP contribution >= 0.6 is 0 Å². The minimum atomic E-state index is -0.828. The topological polar surface area (TPSA) is 52.6 Å². The molecule has 0 aliphatic heterocycles. The average Bonchev–Trinajstić information content (AvgIpc) is 2.60. The number of ketones is 1. The molecule has 0 saturated heterocycles. The summed E-state index contributed by atoms with van der Waals surface area (Å²) in [7, 11) is 1.59. The fraction of sp³-hybridized carbons (Fsp3) is 0.158. The molecule has 2 aromatic carbocycles. The van der Waals surface area contributed by atoms with E-state index in [2.05, 4.69) is 0 Å². The van der Waals surface area contributed by atoms with Crippen LogP contribution in [0, 0.1) is 0 Å². The average molecular weight is 310 g/mol. The summed E-state index contributed by atoms with van der Waals surface area (Å²) in [4.78, 5) is 23.9. The number of rotatable bonds is 6. The highest BCUT2D eigenvalue weighted by Crippen LogP contribution is 2.12. The van der Waals surface area contributed by atoms with Gasteiger partial charge in [-0.25, -0.2) is 4.79 Å². The molecule has 118 valence electrons. The van der Waals surface area contributed by atoms with E-state index in [4.69, 9.17) is 9.47 Å². The summed E-state index contributed by atoms with van der Waals surface area (Å²) in [6.45, 7) is 1.56. The molecule has 0 N–H and O–H groups in total. The molecule has 1 atom stereocenters. The molecule has 2 aromatic rings. The van der Waals surface area contributed by atoms with E-state index >= 15 is 0 Å². The fourth-order valence-corrected chi connectivity index (χ4v) is 1.98. The highest BCUT2D eigenvalue weighted by molar-refractivity contribution is 6.00. The summed E-state index contributed by atoms with van der Waals surface area (Å²) in [6.07, 6.45) is 2.10. The van der Waals surface area contributed by atoms with Crippen LogP contribution < -0.4 is 4.74 Å². The van der Waals surface area contributed by atoms with Crippen molar-refractivity contribution < 1.29 is 19.1 Å². The molecule has 4 nitrogen and oxygen atoms in total. The first-order chi connectivity index (χ1) is 11.1. The van der Waals surface area contributed by atoms with Crippen molar-refractivity contribution in [1.29, 1.82) is 0 Å². The van der Waals surface area contributed by atoms with Crippen LogP contribution in [0.1, 0.15) is 22.8 Å². The van der Waals surface area contributed by atoms with Gasteiger partial charge in [0.2, 0.25) is 5.78 Å². The summed E-state index contributed by atoms with van der Waals surface area (Å²) in [5, 5.41) is 0. The van der Waals surface area contributed by atoms with Crippen molar-refractivity contribution in [3.63, 3.8) is 0 Å². The third-order valence-corrected chi connectivity index (χ3v) is 3.25. The molecule has 0 heterocycles. The second kappa shape index (κ2) is 7.94. The van der Waals surface area contributed by atoms with Crippen molar-refractivity contribution in [3.05, 3.63) is 71.8 Å². The minimum absolute atomic E-state index is 0.225. The van der Waals surface area contributed by atoms with Gasteiger partial charge in [-0.3, -0.25) is 4.79 Å². The molecule has 0 unspecified atom stereocenters. The predicted octanol–water partition coefficient (Wildman–Crippen LogP) is 3.52. The van der Waals surface area contributed by atoms with E-state index in [1.54, 1.807) is 56.5 Å². The van der Waals surface area contributed by atoms with Crippen LogP contribution in [0.5, 0.6) is 5.75 Å². The van der Waals surface area contributed by atoms with Crippen molar-refractivity contribution >= 4 is 17.8 Å². The van der Waals surface area contributed by atoms with Crippen molar-refractivity contribution in [2.24, 2.45) is 0 Å². The number of esters is 1. The van der Waals surface area contributed by atoms with E-state index in [0.29, 0.717) is 5.56 Å². The first-order valence-corrected chi connectivity index (χ1v) is 7.22. The lowest BCUT2D eigenvalue weighted by Crippen LogP contribution is -2.23. The molecule has 0 saturated carbocycles. The SMILES string of the molecule is COc1ccc(/C=C/C(=O)O[C@@H](C)C(=O)c2ccccc2)cc1. The molecule has 0 amide bonds. The number of carbonyl (C=O) groups is 2. The van der Waals surface area contributed by atoms with Gasteiger partial charge < -0.3 is 9.47 Å². The zero-order valence-corrected chi connectivity index (χ0v) is 13.1. The predicted molar refractivity (Wildman–Crippen MR) is 88.4 cm³/mol. The second-order valence-electron chi connectivity index (χ2n) is 4.92. The molecule has 0 spiro atoms. The normalized spacial score (nSPS) is 11.9. The summed E-state index contributed by atoms with van der Waals surface area (Å²) < 4.78 is 10.2. The molecule has 2 rings (SSSR count). The smallest absolute Gasteiger partial charge is 0.331 e. The van der Waals surface area contributed by atoms with Gasteiger partial charge in [-0.1, -0.05) is 42.5 Å². The third kappa shape index (κ3) is 4.81. The van der Waals surface area contributed by atoms with Gasteiger partial charge in [0.15, 0.2) is 6.10 Å². The number of carbonyl (C=O) groups excluding carboxylic acids is 2. The lowest BCUT2D eigenvalue weighted by molar-refractivity contribution is -0.140. The van der Waals surface area contributed by atoms with Gasteiger partial charge in [0.25, 0.3) is 0 Å². The van der Waals surface area contributed by atoms with Gasteiger partial charge in [0.05, 0.1) is 7.11 Å². The highest BCUT2D eigenvalue weighted by Gasteiger charge is 2.17. The molecule has 4 heteroatoms. The Labute approximate surface area is 135 Å². The molecule has 0 aliphatic carbocycles. The molecule has 23 heavy (non-hydrogen) atoms. The van der Waals surface area contributed by atoms with Gasteiger partial charge in [0.1, 0.15) is 5.75 Å². The molecule has 0 radical (unpaired) electrons. The second-order valence-corrected chi connectivity index (χ2v) is 4.92. The monoisotopic (exact) mass is 310 g/mol. The Morgan fingerprint density at radius 1 is 1.00 bits per heavy atom. The molecular weight excluding hydrogens is 292 g/mol. The summed E-state index contributed by atoms with van der Waals surface area (Å²) in [5.41, 5.74) is 1.36. The quantitative estimate of drug-likeness (QED) is 0.465.